The van der Waals surface area contributed by atoms with Gasteiger partial charge in [-0.25, -0.2) is 0 Å². The lowest BCUT2D eigenvalue weighted by atomic mass is 10.2. The molecule has 1 unspecified atom stereocenters. The molecule has 0 heterocycles. The highest BCUT2D eigenvalue weighted by atomic mass is 16.1. The number of hydrogen-bond acceptors (Lipinski definition) is 3. The number of nitrogens with two attached hydrogens (primary N) is 1. The second-order valence-corrected chi connectivity index (χ2v) is 5.60. The highest BCUT2D eigenvalue weighted by Gasteiger charge is 2.30. The van der Waals surface area contributed by atoms with Crippen molar-refractivity contribution in [2.45, 2.75) is 51.1 Å². The highest BCUT2D eigenvalue weighted by molar-refractivity contribution is 5.80. The number of carbonyl (C=O) groups excluding carboxylic acids is 1. The van der Waals surface area contributed by atoms with Gasteiger partial charge in [0.05, 0.1) is 6.04 Å². The maximum Gasteiger partial charge on any atom is 0.235 e. The monoisotopic (exact) mass is 239 g/mol. The second kappa shape index (κ2) is 5.83. The van der Waals surface area contributed by atoms with E-state index >= 15 is 0 Å². The van der Waals surface area contributed by atoms with Crippen LogP contribution in [-0.2, 0) is 4.79 Å². The van der Waals surface area contributed by atoms with Gasteiger partial charge in [-0.2, -0.15) is 0 Å². The van der Waals surface area contributed by atoms with E-state index in [0.717, 1.165) is 32.0 Å². The maximum absolute atomic E-state index is 11.4. The largest absolute Gasteiger partial charge is 0.368 e. The summed E-state index contributed by atoms with van der Waals surface area (Å²) in [7, 11) is 0. The van der Waals surface area contributed by atoms with E-state index in [4.69, 9.17) is 5.73 Å². The summed E-state index contributed by atoms with van der Waals surface area (Å²) in [5.74, 6) is 0.671. The minimum Gasteiger partial charge on any atom is -0.368 e. The van der Waals surface area contributed by atoms with E-state index in [9.17, 15) is 4.79 Å². The molecule has 0 bridgehead atoms. The molecule has 3 N–H and O–H groups in total. The van der Waals surface area contributed by atoms with Crippen LogP contribution < -0.4 is 11.1 Å². The fourth-order valence-electron chi connectivity index (χ4n) is 2.26. The fourth-order valence-corrected chi connectivity index (χ4v) is 2.26. The summed E-state index contributed by atoms with van der Waals surface area (Å²) >= 11 is 0. The van der Waals surface area contributed by atoms with E-state index in [1.807, 2.05) is 0 Å². The van der Waals surface area contributed by atoms with Crippen molar-refractivity contribution in [1.82, 2.24) is 10.2 Å². The minimum absolute atomic E-state index is 0.159. The molecule has 0 aromatic carbocycles. The van der Waals surface area contributed by atoms with Gasteiger partial charge in [-0.05, 0) is 44.6 Å². The summed E-state index contributed by atoms with van der Waals surface area (Å²) in [6.07, 6.45) is 6.25. The van der Waals surface area contributed by atoms with Crippen LogP contribution >= 0.6 is 0 Å². The lowest BCUT2D eigenvalue weighted by Gasteiger charge is -2.26. The molecule has 98 valence electrons. The third-order valence-electron chi connectivity index (χ3n) is 3.55. The van der Waals surface area contributed by atoms with Gasteiger partial charge in [-0.1, -0.05) is 6.92 Å². The number of primary amides is 1. The number of amides is 1. The number of rotatable bonds is 9. The van der Waals surface area contributed by atoms with Crippen LogP contribution in [0.1, 0.15) is 39.0 Å². The van der Waals surface area contributed by atoms with Gasteiger partial charge < -0.3 is 16.0 Å². The number of nitrogens with zero attached hydrogens (tertiary/aromatic N) is 1. The first-order valence-electron chi connectivity index (χ1n) is 6.96. The van der Waals surface area contributed by atoms with Crippen molar-refractivity contribution in [3.05, 3.63) is 0 Å². The van der Waals surface area contributed by atoms with Gasteiger partial charge in [-0.3, -0.25) is 4.79 Å². The molecule has 2 aliphatic carbocycles. The minimum atomic E-state index is -0.200. The second-order valence-electron chi connectivity index (χ2n) is 5.60. The van der Waals surface area contributed by atoms with Gasteiger partial charge in [0, 0.05) is 19.1 Å². The number of nitrogens with one attached hydrogen (secondary N) is 1. The summed E-state index contributed by atoms with van der Waals surface area (Å²) in [6.45, 7) is 5.19. The van der Waals surface area contributed by atoms with Gasteiger partial charge in [-0.15, -0.1) is 0 Å². The predicted octanol–water partition coefficient (Wildman–Crippen LogP) is 0.714. The Kier molecular flexibility index (Phi) is 4.40. The van der Waals surface area contributed by atoms with Crippen LogP contribution in [0.2, 0.25) is 0 Å². The summed E-state index contributed by atoms with van der Waals surface area (Å²) in [5, 5.41) is 3.36. The quantitative estimate of drug-likeness (QED) is 0.623. The average Bonchev–Trinajstić information content (AvgIpc) is 3.11. The van der Waals surface area contributed by atoms with Crippen molar-refractivity contribution < 1.29 is 4.79 Å². The first kappa shape index (κ1) is 12.8. The van der Waals surface area contributed by atoms with E-state index in [2.05, 4.69) is 17.1 Å². The molecule has 0 spiro atoms. The molecule has 1 atom stereocenters. The molecular formula is C13H25N3O. The van der Waals surface area contributed by atoms with Gasteiger partial charge in [0.1, 0.15) is 0 Å². The maximum atomic E-state index is 11.4. The average molecular weight is 239 g/mol. The third-order valence-corrected chi connectivity index (χ3v) is 3.55. The Labute approximate surface area is 104 Å². The van der Waals surface area contributed by atoms with Crippen molar-refractivity contribution >= 4 is 5.91 Å². The van der Waals surface area contributed by atoms with Gasteiger partial charge in [0.2, 0.25) is 5.91 Å². The predicted molar refractivity (Wildman–Crippen MR) is 68.6 cm³/mol. The standard InChI is InChI=1S/C13H25N3O/c1-2-7-16(8-10-3-4-10)9-12(13(14)17)15-11-5-6-11/h10-12,15H,2-9H2,1H3,(H2,14,17). The van der Waals surface area contributed by atoms with Crippen molar-refractivity contribution in [2.75, 3.05) is 19.6 Å². The first-order chi connectivity index (χ1) is 8.19. The van der Waals surface area contributed by atoms with E-state index in [0.29, 0.717) is 6.04 Å². The highest BCUT2D eigenvalue weighted by Crippen LogP contribution is 2.29. The molecule has 0 radical (unpaired) electrons. The summed E-state index contributed by atoms with van der Waals surface area (Å²) < 4.78 is 0. The number of hydrogen-bond donors (Lipinski definition) is 2. The molecule has 1 amide bonds. The summed E-state index contributed by atoms with van der Waals surface area (Å²) in [6, 6.07) is 0.379. The Hall–Kier alpha value is -0.610. The van der Waals surface area contributed by atoms with Crippen molar-refractivity contribution in [1.29, 1.82) is 0 Å². The lowest BCUT2D eigenvalue weighted by Crippen LogP contribution is -2.50. The Balaban J connectivity index is 1.80. The van der Waals surface area contributed by atoms with E-state index < -0.39 is 0 Å². The van der Waals surface area contributed by atoms with Crippen LogP contribution in [-0.4, -0.2) is 42.5 Å². The topological polar surface area (TPSA) is 58.4 Å². The normalized spacial score (nSPS) is 21.8. The zero-order valence-electron chi connectivity index (χ0n) is 10.8. The SMILES string of the molecule is CCCN(CC1CC1)CC(NC1CC1)C(N)=O. The smallest absolute Gasteiger partial charge is 0.235 e. The van der Waals surface area contributed by atoms with Gasteiger partial charge in [0.15, 0.2) is 0 Å². The van der Waals surface area contributed by atoms with E-state index in [1.54, 1.807) is 0 Å². The van der Waals surface area contributed by atoms with Crippen LogP contribution in [0.3, 0.4) is 0 Å². The van der Waals surface area contributed by atoms with E-state index in [1.165, 1.54) is 25.7 Å². The zero-order valence-corrected chi connectivity index (χ0v) is 10.8. The third kappa shape index (κ3) is 4.64. The lowest BCUT2D eigenvalue weighted by molar-refractivity contribution is -0.120. The molecule has 0 aromatic rings. The van der Waals surface area contributed by atoms with Gasteiger partial charge in [0.25, 0.3) is 0 Å². The molecule has 0 aromatic heterocycles. The van der Waals surface area contributed by atoms with Crippen molar-refractivity contribution in [3.8, 4) is 0 Å². The molecule has 4 nitrogen and oxygen atoms in total. The Morgan fingerprint density at radius 3 is 2.59 bits per heavy atom. The molecule has 2 aliphatic rings. The Morgan fingerprint density at radius 1 is 1.41 bits per heavy atom. The Bertz CT molecular complexity index is 261. The van der Waals surface area contributed by atoms with Gasteiger partial charge >= 0.3 is 0 Å². The van der Waals surface area contributed by atoms with E-state index in [-0.39, 0.29) is 11.9 Å². The van der Waals surface area contributed by atoms with Crippen LogP contribution in [0.5, 0.6) is 0 Å². The molecule has 17 heavy (non-hydrogen) atoms. The fraction of sp³-hybridized carbons (Fsp3) is 0.923. The summed E-state index contributed by atoms with van der Waals surface area (Å²) in [5.41, 5.74) is 5.48. The first-order valence-corrected chi connectivity index (χ1v) is 6.96. The Morgan fingerprint density at radius 2 is 2.12 bits per heavy atom. The molecule has 2 saturated carbocycles. The van der Waals surface area contributed by atoms with Crippen LogP contribution in [0.15, 0.2) is 0 Å². The molecule has 2 fully saturated rings. The zero-order chi connectivity index (χ0) is 12.3. The molecule has 2 rings (SSSR count). The van der Waals surface area contributed by atoms with Crippen molar-refractivity contribution in [2.24, 2.45) is 11.7 Å². The van der Waals surface area contributed by atoms with Crippen LogP contribution in [0, 0.1) is 5.92 Å². The molecule has 0 saturated heterocycles. The number of carbonyl (C=O) groups is 1. The molecule has 4 heteroatoms. The van der Waals surface area contributed by atoms with Crippen LogP contribution in [0.4, 0.5) is 0 Å². The molecular weight excluding hydrogens is 214 g/mol. The molecule has 0 aliphatic heterocycles. The van der Waals surface area contributed by atoms with Crippen LogP contribution in [0.25, 0.3) is 0 Å². The summed E-state index contributed by atoms with van der Waals surface area (Å²) in [4.78, 5) is 13.8. The van der Waals surface area contributed by atoms with Crippen molar-refractivity contribution in [3.63, 3.8) is 0 Å².